The van der Waals surface area contributed by atoms with E-state index >= 15 is 0 Å². The quantitative estimate of drug-likeness (QED) is 0.706. The molecule has 0 radical (unpaired) electrons. The molecule has 1 atom stereocenters. The molecule has 0 saturated heterocycles. The van der Waals surface area contributed by atoms with Crippen molar-refractivity contribution in [3.63, 3.8) is 0 Å². The van der Waals surface area contributed by atoms with Gasteiger partial charge in [0.05, 0.1) is 16.4 Å². The van der Waals surface area contributed by atoms with E-state index in [2.05, 4.69) is 14.4 Å². The molecule has 0 saturated carbocycles. The molecule has 136 valence electrons. The minimum absolute atomic E-state index is 0.0350. The van der Waals surface area contributed by atoms with Crippen LogP contribution < -0.4 is 9.44 Å². The molecule has 0 aliphatic heterocycles. The smallest absolute Gasteiger partial charge is 0.263 e. The summed E-state index contributed by atoms with van der Waals surface area (Å²) in [6.45, 7) is 1.89. The molecule has 2 aromatic rings. The van der Waals surface area contributed by atoms with Gasteiger partial charge in [-0.25, -0.2) is 26.5 Å². The predicted molar refractivity (Wildman–Crippen MR) is 93.1 cm³/mol. The molecule has 2 N–H and O–H groups in total. The van der Waals surface area contributed by atoms with Crippen molar-refractivity contribution in [3.05, 3.63) is 48.7 Å². The fraction of sp³-hybridized carbons (Fsp3) is 0.267. The predicted octanol–water partition coefficient (Wildman–Crippen LogP) is 1.20. The Morgan fingerprint density at radius 2 is 1.60 bits per heavy atom. The Balaban J connectivity index is 2.19. The molecular weight excluding hydrogens is 366 g/mol. The van der Waals surface area contributed by atoms with Gasteiger partial charge in [0.25, 0.3) is 10.0 Å². The lowest BCUT2D eigenvalue weighted by atomic mass is 10.4. The van der Waals surface area contributed by atoms with Crippen molar-refractivity contribution in [1.82, 2.24) is 9.71 Å². The zero-order chi connectivity index (χ0) is 18.5. The van der Waals surface area contributed by atoms with Crippen LogP contribution in [0.15, 0.2) is 58.5 Å². The minimum atomic E-state index is -3.85. The summed E-state index contributed by atoms with van der Waals surface area (Å²) in [5, 5.41) is 0. The third-order valence-electron chi connectivity index (χ3n) is 3.12. The molecule has 0 fully saturated rings. The number of anilines is 1. The van der Waals surface area contributed by atoms with E-state index in [9.17, 15) is 16.8 Å². The van der Waals surface area contributed by atoms with Crippen LogP contribution >= 0.6 is 0 Å². The molecule has 1 heterocycles. The van der Waals surface area contributed by atoms with Gasteiger partial charge in [-0.1, -0.05) is 6.07 Å². The van der Waals surface area contributed by atoms with E-state index in [1.54, 1.807) is 19.1 Å². The number of nitrogens with one attached hydrogen (secondary N) is 2. The maximum Gasteiger partial charge on any atom is 0.263 e. The van der Waals surface area contributed by atoms with Crippen LogP contribution in [0.5, 0.6) is 0 Å². The molecule has 0 amide bonds. The first-order valence-corrected chi connectivity index (χ1v) is 10.3. The van der Waals surface area contributed by atoms with Gasteiger partial charge in [-0.2, -0.15) is 0 Å². The van der Waals surface area contributed by atoms with Crippen molar-refractivity contribution in [2.75, 3.05) is 18.4 Å². The summed E-state index contributed by atoms with van der Waals surface area (Å²) in [5.74, 6) is 0.175. The van der Waals surface area contributed by atoms with Gasteiger partial charge in [0.2, 0.25) is 10.0 Å². The van der Waals surface area contributed by atoms with E-state index in [-0.39, 0.29) is 22.2 Å². The third kappa shape index (κ3) is 5.23. The molecule has 8 nitrogen and oxygen atoms in total. The van der Waals surface area contributed by atoms with Gasteiger partial charge in [0.1, 0.15) is 5.82 Å². The van der Waals surface area contributed by atoms with Gasteiger partial charge in [-0.05, 0) is 43.3 Å². The molecular formula is C15H19N3O5S2. The Hall–Kier alpha value is -2.01. The lowest BCUT2D eigenvalue weighted by Gasteiger charge is -2.13. The lowest BCUT2D eigenvalue weighted by Crippen LogP contribution is -2.35. The van der Waals surface area contributed by atoms with E-state index in [1.807, 2.05) is 0 Å². The van der Waals surface area contributed by atoms with Gasteiger partial charge in [0, 0.05) is 19.3 Å². The van der Waals surface area contributed by atoms with Gasteiger partial charge < -0.3 is 4.74 Å². The SMILES string of the molecule is COC[C@H](C)NS(=O)(=O)c1ccc(S(=O)(=O)Nc2ccccn2)cc1. The molecule has 0 unspecified atom stereocenters. The van der Waals surface area contributed by atoms with Gasteiger partial charge in [-0.15, -0.1) is 0 Å². The number of hydrogen-bond acceptors (Lipinski definition) is 6. The van der Waals surface area contributed by atoms with Crippen molar-refractivity contribution >= 4 is 25.9 Å². The molecule has 0 bridgehead atoms. The van der Waals surface area contributed by atoms with Gasteiger partial charge in [0.15, 0.2) is 0 Å². The summed E-state index contributed by atoms with van der Waals surface area (Å²) in [5.41, 5.74) is 0. The average Bonchev–Trinajstić information content (AvgIpc) is 2.55. The molecule has 1 aromatic heterocycles. The highest BCUT2D eigenvalue weighted by atomic mass is 32.2. The summed E-state index contributed by atoms with van der Waals surface area (Å²) in [6.07, 6.45) is 1.46. The van der Waals surface area contributed by atoms with Gasteiger partial charge in [-0.3, -0.25) is 4.72 Å². The van der Waals surface area contributed by atoms with Crippen LogP contribution in [0.4, 0.5) is 5.82 Å². The summed E-state index contributed by atoms with van der Waals surface area (Å²) in [7, 11) is -6.14. The fourth-order valence-electron chi connectivity index (χ4n) is 2.03. The van der Waals surface area contributed by atoms with Crippen molar-refractivity contribution < 1.29 is 21.6 Å². The largest absolute Gasteiger partial charge is 0.383 e. The number of benzene rings is 1. The highest BCUT2D eigenvalue weighted by Crippen LogP contribution is 2.17. The Morgan fingerprint density at radius 3 is 2.12 bits per heavy atom. The zero-order valence-electron chi connectivity index (χ0n) is 13.7. The number of hydrogen-bond donors (Lipinski definition) is 2. The van der Waals surface area contributed by atoms with Crippen LogP contribution in [-0.4, -0.2) is 41.6 Å². The third-order valence-corrected chi connectivity index (χ3v) is 6.10. The number of methoxy groups -OCH3 is 1. The van der Waals surface area contributed by atoms with E-state index in [0.29, 0.717) is 0 Å². The number of pyridine rings is 1. The summed E-state index contributed by atoms with van der Waals surface area (Å²) >= 11 is 0. The second-order valence-corrected chi connectivity index (χ2v) is 8.67. The Kier molecular flexibility index (Phi) is 6.11. The second-order valence-electron chi connectivity index (χ2n) is 5.27. The van der Waals surface area contributed by atoms with Gasteiger partial charge >= 0.3 is 0 Å². The fourth-order valence-corrected chi connectivity index (χ4v) is 4.27. The highest BCUT2D eigenvalue weighted by Gasteiger charge is 2.20. The van der Waals surface area contributed by atoms with Crippen molar-refractivity contribution in [3.8, 4) is 0 Å². The molecule has 2 rings (SSSR count). The number of sulfonamides is 2. The maximum atomic E-state index is 12.3. The van der Waals surface area contributed by atoms with E-state index < -0.39 is 26.1 Å². The lowest BCUT2D eigenvalue weighted by molar-refractivity contribution is 0.180. The van der Waals surface area contributed by atoms with E-state index in [1.165, 1.54) is 43.6 Å². The standard InChI is InChI=1S/C15H19N3O5S2/c1-12(11-23-2)17-24(19,20)13-6-8-14(9-7-13)25(21,22)18-15-5-3-4-10-16-15/h3-10,12,17H,11H2,1-2H3,(H,16,18)/t12-/m0/s1. The molecule has 0 spiro atoms. The number of aromatic nitrogens is 1. The van der Waals surface area contributed by atoms with E-state index in [0.717, 1.165) is 0 Å². The van der Waals surface area contributed by atoms with Crippen LogP contribution in [-0.2, 0) is 24.8 Å². The van der Waals surface area contributed by atoms with Crippen LogP contribution in [0.25, 0.3) is 0 Å². The summed E-state index contributed by atoms with van der Waals surface area (Å²) in [6, 6.07) is 9.31. The summed E-state index contributed by atoms with van der Waals surface area (Å²) < 4.78 is 58.7. The topological polar surface area (TPSA) is 114 Å². The molecule has 25 heavy (non-hydrogen) atoms. The minimum Gasteiger partial charge on any atom is -0.383 e. The second kappa shape index (κ2) is 7.91. The average molecular weight is 385 g/mol. The Labute approximate surface area is 147 Å². The maximum absolute atomic E-state index is 12.3. The normalized spacial score (nSPS) is 13.4. The summed E-state index contributed by atoms with van der Waals surface area (Å²) in [4.78, 5) is 3.79. The van der Waals surface area contributed by atoms with E-state index in [4.69, 9.17) is 4.74 Å². The molecule has 10 heteroatoms. The first kappa shape index (κ1) is 19.3. The van der Waals surface area contributed by atoms with Crippen molar-refractivity contribution in [2.24, 2.45) is 0 Å². The first-order chi connectivity index (χ1) is 11.7. The molecule has 0 aliphatic carbocycles. The number of ether oxygens (including phenoxy) is 1. The zero-order valence-corrected chi connectivity index (χ0v) is 15.3. The molecule has 0 aliphatic rings. The number of rotatable bonds is 8. The monoisotopic (exact) mass is 385 g/mol. The Morgan fingerprint density at radius 1 is 1.00 bits per heavy atom. The molecule has 1 aromatic carbocycles. The highest BCUT2D eigenvalue weighted by molar-refractivity contribution is 7.92. The number of nitrogens with zero attached hydrogens (tertiary/aromatic N) is 1. The Bertz CT molecular complexity index is 898. The first-order valence-electron chi connectivity index (χ1n) is 7.30. The van der Waals surface area contributed by atoms with Crippen molar-refractivity contribution in [1.29, 1.82) is 0 Å². The van der Waals surface area contributed by atoms with Crippen LogP contribution in [0, 0.1) is 0 Å². The van der Waals surface area contributed by atoms with Crippen LogP contribution in [0.2, 0.25) is 0 Å². The van der Waals surface area contributed by atoms with Crippen LogP contribution in [0.1, 0.15) is 6.92 Å². The van der Waals surface area contributed by atoms with Crippen LogP contribution in [0.3, 0.4) is 0 Å². The van der Waals surface area contributed by atoms with Crippen molar-refractivity contribution in [2.45, 2.75) is 22.8 Å².